The van der Waals surface area contributed by atoms with Crippen LogP contribution in [0, 0.1) is 5.92 Å². The number of nitrogens with zero attached hydrogens (tertiary/aromatic N) is 2. The van der Waals surface area contributed by atoms with E-state index in [1.807, 2.05) is 4.90 Å². The third-order valence-electron chi connectivity index (χ3n) is 4.68. The van der Waals surface area contributed by atoms with Crippen LogP contribution in [0.3, 0.4) is 0 Å². The van der Waals surface area contributed by atoms with E-state index in [9.17, 15) is 8.42 Å². The van der Waals surface area contributed by atoms with Crippen LogP contribution >= 0.6 is 24.0 Å². The first-order valence-corrected chi connectivity index (χ1v) is 10.3. The topological polar surface area (TPSA) is 80.2 Å². The molecule has 148 valence electrons. The summed E-state index contributed by atoms with van der Waals surface area (Å²) in [6.07, 6.45) is 1.99. The SMILES string of the molecule is CN=C(NCCCOCC1CCOC1)N1CCS(=O)(=O)C(C)(C)C1.I. The number of guanidine groups is 1. The van der Waals surface area contributed by atoms with Crippen molar-refractivity contribution in [2.45, 2.75) is 31.4 Å². The summed E-state index contributed by atoms with van der Waals surface area (Å²) in [6, 6.07) is 0. The highest BCUT2D eigenvalue weighted by molar-refractivity contribution is 14.0. The highest BCUT2D eigenvalue weighted by Gasteiger charge is 2.40. The van der Waals surface area contributed by atoms with E-state index >= 15 is 0 Å². The van der Waals surface area contributed by atoms with Gasteiger partial charge in [-0.15, -0.1) is 24.0 Å². The molecule has 1 unspecified atom stereocenters. The van der Waals surface area contributed by atoms with Crippen LogP contribution in [0.15, 0.2) is 4.99 Å². The van der Waals surface area contributed by atoms with Crippen LogP contribution in [-0.4, -0.2) is 82.9 Å². The molecule has 2 aliphatic heterocycles. The van der Waals surface area contributed by atoms with Gasteiger partial charge in [-0.25, -0.2) is 8.42 Å². The molecule has 0 aliphatic carbocycles. The zero-order valence-corrected chi connectivity index (χ0v) is 18.6. The predicted octanol–water partition coefficient (Wildman–Crippen LogP) is 1.13. The van der Waals surface area contributed by atoms with Gasteiger partial charge in [-0.2, -0.15) is 0 Å². The standard InChI is InChI=1S/C16H31N3O4S.HI/c1-16(2)13-19(7-10-24(16,20)21)15(17-3)18-6-4-8-22-11-14-5-9-23-12-14;/h14H,4-13H2,1-3H3,(H,17,18);1H. The van der Waals surface area contributed by atoms with Gasteiger partial charge in [0.2, 0.25) is 0 Å². The number of sulfone groups is 1. The zero-order chi connectivity index (χ0) is 17.6. The van der Waals surface area contributed by atoms with Crippen molar-refractivity contribution < 1.29 is 17.9 Å². The van der Waals surface area contributed by atoms with Crippen LogP contribution in [0.1, 0.15) is 26.7 Å². The van der Waals surface area contributed by atoms with Crippen LogP contribution in [0.4, 0.5) is 0 Å². The minimum atomic E-state index is -3.03. The molecule has 0 amide bonds. The van der Waals surface area contributed by atoms with Crippen molar-refractivity contribution in [1.82, 2.24) is 10.2 Å². The lowest BCUT2D eigenvalue weighted by molar-refractivity contribution is 0.0887. The van der Waals surface area contributed by atoms with Gasteiger partial charge in [0.25, 0.3) is 0 Å². The van der Waals surface area contributed by atoms with Gasteiger partial charge < -0.3 is 19.7 Å². The highest BCUT2D eigenvalue weighted by atomic mass is 127. The maximum absolute atomic E-state index is 12.1. The fourth-order valence-corrected chi connectivity index (χ4v) is 4.36. The Labute approximate surface area is 168 Å². The molecule has 2 fully saturated rings. The number of hydrogen-bond donors (Lipinski definition) is 1. The van der Waals surface area contributed by atoms with Gasteiger partial charge >= 0.3 is 0 Å². The maximum atomic E-state index is 12.1. The van der Waals surface area contributed by atoms with Crippen LogP contribution in [0.25, 0.3) is 0 Å². The van der Waals surface area contributed by atoms with Crippen molar-refractivity contribution in [1.29, 1.82) is 0 Å². The second kappa shape index (κ2) is 10.3. The molecule has 1 N–H and O–H groups in total. The van der Waals surface area contributed by atoms with Gasteiger partial charge in [-0.1, -0.05) is 0 Å². The molecular formula is C16H32IN3O4S. The minimum Gasteiger partial charge on any atom is -0.381 e. The van der Waals surface area contributed by atoms with Gasteiger partial charge in [0.05, 0.1) is 23.7 Å². The molecule has 0 radical (unpaired) electrons. The van der Waals surface area contributed by atoms with Crippen LogP contribution < -0.4 is 5.32 Å². The Balaban J connectivity index is 0.00000312. The van der Waals surface area contributed by atoms with E-state index in [1.165, 1.54) is 0 Å². The zero-order valence-electron chi connectivity index (χ0n) is 15.5. The Morgan fingerprint density at radius 3 is 2.80 bits per heavy atom. The number of nitrogens with one attached hydrogen (secondary N) is 1. The summed E-state index contributed by atoms with van der Waals surface area (Å²) in [7, 11) is -1.30. The van der Waals surface area contributed by atoms with Crippen molar-refractivity contribution >= 4 is 39.8 Å². The molecule has 0 aromatic carbocycles. The van der Waals surface area contributed by atoms with E-state index in [4.69, 9.17) is 9.47 Å². The number of ether oxygens (including phenoxy) is 2. The first-order valence-electron chi connectivity index (χ1n) is 8.69. The lowest BCUT2D eigenvalue weighted by atomic mass is 10.1. The van der Waals surface area contributed by atoms with E-state index in [-0.39, 0.29) is 29.7 Å². The second-order valence-electron chi connectivity index (χ2n) is 7.13. The van der Waals surface area contributed by atoms with Crippen molar-refractivity contribution in [3.8, 4) is 0 Å². The molecule has 0 saturated carbocycles. The van der Waals surface area contributed by atoms with Gasteiger partial charge in [0, 0.05) is 45.8 Å². The van der Waals surface area contributed by atoms with Crippen LogP contribution in [-0.2, 0) is 19.3 Å². The maximum Gasteiger partial charge on any atom is 0.193 e. The van der Waals surface area contributed by atoms with E-state index in [2.05, 4.69) is 10.3 Å². The molecular weight excluding hydrogens is 457 g/mol. The monoisotopic (exact) mass is 489 g/mol. The minimum absolute atomic E-state index is 0. The fraction of sp³-hybridized carbons (Fsp3) is 0.938. The van der Waals surface area contributed by atoms with E-state index < -0.39 is 14.6 Å². The molecule has 7 nitrogen and oxygen atoms in total. The molecule has 0 aromatic rings. The third kappa shape index (κ3) is 6.51. The summed E-state index contributed by atoms with van der Waals surface area (Å²) in [5.41, 5.74) is 0. The Hall–Kier alpha value is -0.130. The molecule has 25 heavy (non-hydrogen) atoms. The van der Waals surface area contributed by atoms with Crippen molar-refractivity contribution in [2.75, 3.05) is 58.9 Å². The van der Waals surface area contributed by atoms with Crippen LogP contribution in [0.5, 0.6) is 0 Å². The number of aliphatic imine (C=N–C) groups is 1. The Kier molecular flexibility index (Phi) is 9.41. The first-order chi connectivity index (χ1) is 11.4. The molecule has 2 heterocycles. The number of halogens is 1. The van der Waals surface area contributed by atoms with E-state index in [1.54, 1.807) is 20.9 Å². The molecule has 0 aromatic heterocycles. The van der Waals surface area contributed by atoms with Gasteiger partial charge in [0.1, 0.15) is 0 Å². The van der Waals surface area contributed by atoms with E-state index in [0.29, 0.717) is 25.6 Å². The molecule has 0 spiro atoms. The van der Waals surface area contributed by atoms with Crippen molar-refractivity contribution in [3.05, 3.63) is 0 Å². The van der Waals surface area contributed by atoms with Gasteiger partial charge in [-0.05, 0) is 26.7 Å². The largest absolute Gasteiger partial charge is 0.381 e. The average Bonchev–Trinajstić information content (AvgIpc) is 3.03. The third-order valence-corrected chi connectivity index (χ3v) is 7.21. The quantitative estimate of drug-likeness (QED) is 0.261. The Bertz CT molecular complexity index is 533. The summed E-state index contributed by atoms with van der Waals surface area (Å²) in [6.45, 7) is 8.43. The normalized spacial score (nSPS) is 25.5. The Morgan fingerprint density at radius 1 is 1.44 bits per heavy atom. The number of hydrogen-bond acceptors (Lipinski definition) is 5. The smallest absolute Gasteiger partial charge is 0.193 e. The highest BCUT2D eigenvalue weighted by Crippen LogP contribution is 2.23. The Morgan fingerprint density at radius 2 is 2.20 bits per heavy atom. The summed E-state index contributed by atoms with van der Waals surface area (Å²) in [5.74, 6) is 1.48. The van der Waals surface area contributed by atoms with Gasteiger partial charge in [0.15, 0.2) is 15.8 Å². The van der Waals surface area contributed by atoms with Crippen molar-refractivity contribution in [2.24, 2.45) is 10.9 Å². The van der Waals surface area contributed by atoms with Crippen LogP contribution in [0.2, 0.25) is 0 Å². The molecule has 9 heteroatoms. The number of rotatable bonds is 6. The fourth-order valence-electron chi connectivity index (χ4n) is 3.00. The molecule has 2 aliphatic rings. The molecule has 2 saturated heterocycles. The molecule has 1 atom stereocenters. The predicted molar refractivity (Wildman–Crippen MR) is 111 cm³/mol. The average molecular weight is 489 g/mol. The lowest BCUT2D eigenvalue weighted by Crippen LogP contribution is -2.57. The van der Waals surface area contributed by atoms with Crippen molar-refractivity contribution in [3.63, 3.8) is 0 Å². The molecule has 0 bridgehead atoms. The summed E-state index contributed by atoms with van der Waals surface area (Å²) in [5, 5.41) is 3.31. The second-order valence-corrected chi connectivity index (χ2v) is 9.88. The summed E-state index contributed by atoms with van der Waals surface area (Å²) >= 11 is 0. The summed E-state index contributed by atoms with van der Waals surface area (Å²) < 4.78 is 34.4. The van der Waals surface area contributed by atoms with Gasteiger partial charge in [-0.3, -0.25) is 4.99 Å². The first kappa shape index (κ1) is 22.9. The van der Waals surface area contributed by atoms with E-state index in [0.717, 1.165) is 45.2 Å². The lowest BCUT2D eigenvalue weighted by Gasteiger charge is -2.39. The molecule has 2 rings (SSSR count). The summed E-state index contributed by atoms with van der Waals surface area (Å²) in [4.78, 5) is 6.31.